The Balaban J connectivity index is 0.000000226. The molecule has 1 unspecified atom stereocenters. The van der Waals surface area contributed by atoms with Gasteiger partial charge in [-0.1, -0.05) is 35.9 Å². The minimum atomic E-state index is -1.09. The fourth-order valence-electron chi connectivity index (χ4n) is 2.27. The lowest BCUT2D eigenvalue weighted by Gasteiger charge is -2.02. The number of rotatable bonds is 3. The first kappa shape index (κ1) is 23.0. The maximum atomic E-state index is 10.2. The van der Waals surface area contributed by atoms with E-state index in [1.165, 1.54) is 5.56 Å². The number of β-amino-alcohol motifs (C(OH)–C–C–N with tert-alkyl or cyclic N) is 1. The van der Waals surface area contributed by atoms with Crippen LogP contribution in [0.25, 0.3) is 0 Å². The van der Waals surface area contributed by atoms with Gasteiger partial charge < -0.3 is 25.6 Å². The second-order valence-electron chi connectivity index (χ2n) is 6.09. The van der Waals surface area contributed by atoms with Crippen LogP contribution in [0.15, 0.2) is 48.5 Å². The molecule has 1 heterocycles. The van der Waals surface area contributed by atoms with Crippen molar-refractivity contribution in [3.63, 3.8) is 0 Å². The van der Waals surface area contributed by atoms with Crippen LogP contribution in [0.2, 0.25) is 0 Å². The molecular formula is C21H27N3O4. The molecule has 0 radical (unpaired) electrons. The molecule has 0 saturated carbocycles. The number of carboxylic acid groups (broad SMARTS) is 1. The van der Waals surface area contributed by atoms with Gasteiger partial charge in [-0.3, -0.25) is 0 Å². The number of aliphatic hydroxyl groups excluding tert-OH is 1. The number of carbonyl (C=O) groups is 1. The number of aryl methyl sites for hydroxylation is 1. The van der Waals surface area contributed by atoms with Gasteiger partial charge >= 0.3 is 6.09 Å². The van der Waals surface area contributed by atoms with Gasteiger partial charge in [-0.25, -0.2) is 4.79 Å². The van der Waals surface area contributed by atoms with E-state index >= 15 is 0 Å². The summed E-state index contributed by atoms with van der Waals surface area (Å²) >= 11 is 0. The van der Waals surface area contributed by atoms with Gasteiger partial charge in [0.1, 0.15) is 5.75 Å². The first-order valence-electron chi connectivity index (χ1n) is 8.90. The smallest absolute Gasteiger partial charge is 0.404 e. The number of hydrogen-bond donors (Lipinski definition) is 4. The highest BCUT2D eigenvalue weighted by atomic mass is 16.5. The standard InChI is InChI=1S/C9H8N2O2.C8H10O.C4H9NO/c10-5-7-3-1-2-4-8(7)6-11-9(12)13;1-7-3-5-8(9-2)6-4-7;6-4-1-2-5-3-4/h1-4,11H,6H2,(H,12,13);3-6H,1-2H3;4-6H,1-3H2. The summed E-state index contributed by atoms with van der Waals surface area (Å²) in [4.78, 5) is 10.2. The molecule has 1 fully saturated rings. The van der Waals surface area contributed by atoms with Crippen LogP contribution in [0.5, 0.6) is 5.75 Å². The SMILES string of the molecule is COc1ccc(C)cc1.N#Cc1ccccc1CNC(=O)O.OC1CCNC1. The molecule has 1 amide bonds. The summed E-state index contributed by atoms with van der Waals surface area (Å²) in [6.45, 7) is 4.00. The molecule has 150 valence electrons. The Bertz CT molecular complexity index is 751. The van der Waals surface area contributed by atoms with Gasteiger partial charge in [-0.2, -0.15) is 5.26 Å². The van der Waals surface area contributed by atoms with Gasteiger partial charge in [0.15, 0.2) is 0 Å². The number of benzene rings is 2. The van der Waals surface area contributed by atoms with Crippen LogP contribution in [-0.2, 0) is 6.54 Å². The molecule has 0 aromatic heterocycles. The third-order valence-corrected chi connectivity index (χ3v) is 3.86. The topological polar surface area (TPSA) is 115 Å². The Kier molecular flexibility index (Phi) is 10.8. The van der Waals surface area contributed by atoms with Crippen molar-refractivity contribution in [2.24, 2.45) is 0 Å². The number of nitrogens with one attached hydrogen (secondary N) is 2. The molecule has 28 heavy (non-hydrogen) atoms. The summed E-state index contributed by atoms with van der Waals surface area (Å²) in [7, 11) is 1.67. The summed E-state index contributed by atoms with van der Waals surface area (Å²) in [5.41, 5.74) is 2.44. The number of amides is 1. The molecule has 4 N–H and O–H groups in total. The molecule has 0 bridgehead atoms. The molecule has 0 aliphatic carbocycles. The lowest BCUT2D eigenvalue weighted by atomic mass is 10.1. The van der Waals surface area contributed by atoms with Crippen LogP contribution in [0.3, 0.4) is 0 Å². The maximum absolute atomic E-state index is 10.2. The van der Waals surface area contributed by atoms with Gasteiger partial charge in [0.05, 0.1) is 24.8 Å². The molecule has 2 aromatic carbocycles. The van der Waals surface area contributed by atoms with Crippen molar-refractivity contribution in [3.8, 4) is 11.8 Å². The zero-order valence-corrected chi connectivity index (χ0v) is 16.2. The average Bonchev–Trinajstić information content (AvgIpc) is 3.19. The summed E-state index contributed by atoms with van der Waals surface area (Å²) in [6, 6.07) is 16.8. The lowest BCUT2D eigenvalue weighted by molar-refractivity contribution is 0.193. The largest absolute Gasteiger partial charge is 0.497 e. The summed E-state index contributed by atoms with van der Waals surface area (Å²) in [6.07, 6.45) is -0.224. The molecule has 3 rings (SSSR count). The van der Waals surface area contributed by atoms with Crippen molar-refractivity contribution in [2.75, 3.05) is 20.2 Å². The zero-order valence-electron chi connectivity index (χ0n) is 16.2. The van der Waals surface area contributed by atoms with E-state index in [1.54, 1.807) is 31.4 Å². The molecular weight excluding hydrogens is 358 g/mol. The average molecular weight is 385 g/mol. The molecule has 1 aliphatic rings. The van der Waals surface area contributed by atoms with E-state index in [2.05, 4.69) is 17.6 Å². The summed E-state index contributed by atoms with van der Waals surface area (Å²) in [5.74, 6) is 0.917. The monoisotopic (exact) mass is 385 g/mol. The zero-order chi connectivity index (χ0) is 20.8. The van der Waals surface area contributed by atoms with Crippen LogP contribution in [0.4, 0.5) is 4.79 Å². The number of hydrogen-bond acceptors (Lipinski definition) is 5. The third kappa shape index (κ3) is 9.57. The van der Waals surface area contributed by atoms with Crippen LogP contribution in [0.1, 0.15) is 23.1 Å². The number of methoxy groups -OCH3 is 1. The normalized spacial score (nSPS) is 14.4. The van der Waals surface area contributed by atoms with E-state index in [9.17, 15) is 4.79 Å². The molecule has 1 saturated heterocycles. The molecule has 1 aliphatic heterocycles. The van der Waals surface area contributed by atoms with Gasteiger partial charge in [0, 0.05) is 13.1 Å². The van der Waals surface area contributed by atoms with Crippen LogP contribution in [0, 0.1) is 18.3 Å². The number of nitrogens with zero attached hydrogens (tertiary/aromatic N) is 1. The van der Waals surface area contributed by atoms with Crippen molar-refractivity contribution >= 4 is 6.09 Å². The fourth-order valence-corrected chi connectivity index (χ4v) is 2.27. The highest BCUT2D eigenvalue weighted by molar-refractivity contribution is 5.64. The lowest BCUT2D eigenvalue weighted by Crippen LogP contribution is -2.20. The third-order valence-electron chi connectivity index (χ3n) is 3.86. The predicted molar refractivity (Wildman–Crippen MR) is 107 cm³/mol. The minimum absolute atomic E-state index is 0.0648. The molecule has 7 nitrogen and oxygen atoms in total. The van der Waals surface area contributed by atoms with Crippen molar-refractivity contribution in [3.05, 3.63) is 65.2 Å². The number of nitriles is 1. The predicted octanol–water partition coefficient (Wildman–Crippen LogP) is 2.67. The second kappa shape index (κ2) is 13.1. The first-order valence-corrected chi connectivity index (χ1v) is 8.90. The maximum Gasteiger partial charge on any atom is 0.404 e. The van der Waals surface area contributed by atoms with E-state index in [-0.39, 0.29) is 12.6 Å². The van der Waals surface area contributed by atoms with Crippen molar-refractivity contribution < 1.29 is 19.7 Å². The second-order valence-corrected chi connectivity index (χ2v) is 6.09. The Morgan fingerprint density at radius 1 is 1.29 bits per heavy atom. The van der Waals surface area contributed by atoms with Gasteiger partial charge in [-0.15, -0.1) is 0 Å². The Morgan fingerprint density at radius 2 is 1.96 bits per heavy atom. The van der Waals surface area contributed by atoms with Crippen LogP contribution < -0.4 is 15.4 Å². The van der Waals surface area contributed by atoms with E-state index in [1.807, 2.05) is 30.3 Å². The Labute approximate surface area is 165 Å². The van der Waals surface area contributed by atoms with Gasteiger partial charge in [0.25, 0.3) is 0 Å². The van der Waals surface area contributed by atoms with E-state index in [4.69, 9.17) is 20.2 Å². The highest BCUT2D eigenvalue weighted by Gasteiger charge is 2.08. The number of aliphatic hydroxyl groups is 1. The Morgan fingerprint density at radius 3 is 2.43 bits per heavy atom. The van der Waals surface area contributed by atoms with Crippen LogP contribution in [-0.4, -0.2) is 42.6 Å². The number of ether oxygens (including phenoxy) is 1. The molecule has 2 aromatic rings. The Hall–Kier alpha value is -3.08. The summed E-state index contributed by atoms with van der Waals surface area (Å²) < 4.78 is 4.97. The van der Waals surface area contributed by atoms with Gasteiger partial charge in [0.2, 0.25) is 0 Å². The van der Waals surface area contributed by atoms with Crippen molar-refractivity contribution in [1.29, 1.82) is 5.26 Å². The van der Waals surface area contributed by atoms with Crippen LogP contribution >= 0.6 is 0 Å². The van der Waals surface area contributed by atoms with Gasteiger partial charge in [-0.05, 0) is 43.7 Å². The minimum Gasteiger partial charge on any atom is -0.497 e. The van der Waals surface area contributed by atoms with Crippen molar-refractivity contribution in [1.82, 2.24) is 10.6 Å². The van der Waals surface area contributed by atoms with Crippen molar-refractivity contribution in [2.45, 2.75) is 26.0 Å². The summed E-state index contributed by atoms with van der Waals surface area (Å²) in [5, 5.41) is 30.9. The highest BCUT2D eigenvalue weighted by Crippen LogP contribution is 2.09. The molecule has 0 spiro atoms. The van der Waals surface area contributed by atoms with E-state index < -0.39 is 6.09 Å². The first-order chi connectivity index (χ1) is 13.5. The van der Waals surface area contributed by atoms with E-state index in [0.717, 1.165) is 25.3 Å². The van der Waals surface area contributed by atoms with E-state index in [0.29, 0.717) is 11.1 Å². The molecule has 1 atom stereocenters. The fraction of sp³-hybridized carbons (Fsp3) is 0.333. The molecule has 7 heteroatoms. The quantitative estimate of drug-likeness (QED) is 0.646.